The first-order valence-electron chi connectivity index (χ1n) is 11.7. The Morgan fingerprint density at radius 1 is 0.951 bits per heavy atom. The zero-order chi connectivity index (χ0) is 30.9. The molecule has 14 nitrogen and oxygen atoms in total. The molecule has 3 rings (SSSR count). The van der Waals surface area contributed by atoms with Gasteiger partial charge in [0.25, 0.3) is 0 Å². The minimum Gasteiger partial charge on any atom is -0.753 e. The van der Waals surface area contributed by atoms with E-state index < -0.39 is 10.2 Å². The predicted molar refractivity (Wildman–Crippen MR) is 140 cm³/mol. The molecule has 3 heterocycles. The molecule has 230 valence electrons. The third-order valence-corrected chi connectivity index (χ3v) is 5.20. The van der Waals surface area contributed by atoms with Crippen LogP contribution in [-0.4, -0.2) is 74.1 Å². The van der Waals surface area contributed by atoms with Gasteiger partial charge in [-0.3, -0.25) is 19.2 Å². The Morgan fingerprint density at radius 3 is 1.68 bits per heavy atom. The summed E-state index contributed by atoms with van der Waals surface area (Å²) in [6.45, 7) is 12.2. The average Bonchev–Trinajstić information content (AvgIpc) is 3.38. The van der Waals surface area contributed by atoms with Gasteiger partial charge in [-0.15, -0.1) is 10.2 Å². The summed E-state index contributed by atoms with van der Waals surface area (Å²) in [5.41, 5.74) is 5.28. The molecular formula is C24H36ClCoN7O7S+. The Balaban J connectivity index is 0. The van der Waals surface area contributed by atoms with E-state index in [-0.39, 0.29) is 16.8 Å². The normalized spacial score (nSPS) is 10.1. The number of thiocarbonyl (C=S) groups is 1. The van der Waals surface area contributed by atoms with Crippen LogP contribution in [0.2, 0.25) is 0 Å². The first-order chi connectivity index (χ1) is 18.8. The third-order valence-electron chi connectivity index (χ3n) is 5.20. The molecule has 0 aliphatic rings. The number of aryl methyl sites for hydroxylation is 4. The van der Waals surface area contributed by atoms with Crippen LogP contribution in [-0.2, 0) is 36.4 Å². The van der Waals surface area contributed by atoms with Crippen LogP contribution in [0.3, 0.4) is 0 Å². The van der Waals surface area contributed by atoms with E-state index in [9.17, 15) is 0 Å². The van der Waals surface area contributed by atoms with Crippen molar-refractivity contribution < 1.29 is 60.2 Å². The van der Waals surface area contributed by atoms with Crippen molar-refractivity contribution in [1.29, 1.82) is 0 Å². The molecule has 3 aromatic heterocycles. The van der Waals surface area contributed by atoms with Gasteiger partial charge in [-0.2, -0.15) is 15.4 Å². The van der Waals surface area contributed by atoms with Crippen molar-refractivity contribution in [2.75, 3.05) is 34.4 Å². The van der Waals surface area contributed by atoms with E-state index in [0.29, 0.717) is 18.0 Å². The number of rotatable bonds is 10. The molecule has 17 heteroatoms. The molecule has 0 atom stereocenters. The minimum atomic E-state index is -4.94. The van der Waals surface area contributed by atoms with E-state index in [2.05, 4.69) is 67.6 Å². The van der Waals surface area contributed by atoms with Crippen LogP contribution in [0.1, 0.15) is 28.5 Å². The first-order valence-corrected chi connectivity index (χ1v) is 13.3. The zero-order valence-corrected chi connectivity index (χ0v) is 26.6. The quantitative estimate of drug-likeness (QED) is 0.194. The second kappa shape index (κ2) is 21.3. The summed E-state index contributed by atoms with van der Waals surface area (Å²) in [7, 11) is -0.649. The van der Waals surface area contributed by atoms with E-state index in [4.69, 9.17) is 38.6 Å². The maximum absolute atomic E-state index is 8.49. The number of hydrogen-bond donors (Lipinski definition) is 1. The summed E-state index contributed by atoms with van der Waals surface area (Å²) in [6, 6.07) is 6.03. The molecule has 0 saturated carbocycles. The Bertz CT molecular complexity index is 1130. The van der Waals surface area contributed by atoms with Gasteiger partial charge < -0.3 is 20.0 Å². The number of aliphatic hydroxyl groups excluding tert-OH is 1. The number of aromatic nitrogens is 5. The van der Waals surface area contributed by atoms with E-state index >= 15 is 0 Å². The largest absolute Gasteiger partial charge is 3.00 e. The van der Waals surface area contributed by atoms with E-state index in [1.165, 1.54) is 16.5 Å². The van der Waals surface area contributed by atoms with Gasteiger partial charge in [0.2, 0.25) is 0 Å². The Morgan fingerprint density at radius 2 is 1.37 bits per heavy atom. The SMILES string of the molecule is CO.COc1ccnc(CN(CCn2nc(C)cc2C)CCn2nc(C)cc2C)c1OC.[Co+3].[N-]=C=S.[O-][Cl+3]([O-])([O-])[O-]. The number of nitrogens with zero attached hydrogens (tertiary/aromatic N) is 7. The van der Waals surface area contributed by atoms with Crippen LogP contribution in [0, 0.1) is 37.9 Å². The number of halogens is 1. The third kappa shape index (κ3) is 16.5. The van der Waals surface area contributed by atoms with Crippen LogP contribution in [0.15, 0.2) is 24.4 Å². The molecule has 0 unspecified atom stereocenters. The standard InChI is InChI=1S/C22H32N6O2.CNS.CH4O.ClHO4.Co/c1-16-13-18(3)27(24-16)11-9-26(10-12-28-19(4)14-17(2)25-28)15-20-22(30-6)21(29-5)7-8-23-20;2-1-3;1-2;2-1(3,4)5;/h7-8,13-14H,9-12,15H2,1-6H3;;2H,1H3;(H,2,3,4,5);/q;-1;;;+3/p-1. The molecule has 0 radical (unpaired) electrons. The molecule has 1 N–H and O–H groups in total. The van der Waals surface area contributed by atoms with Crippen molar-refractivity contribution in [3.05, 3.63) is 58.3 Å². The molecule has 0 aromatic carbocycles. The molecule has 0 amide bonds. The predicted octanol–water partition coefficient (Wildman–Crippen LogP) is -1.56. The van der Waals surface area contributed by atoms with Gasteiger partial charge in [-0.25, -0.2) is 18.6 Å². The second-order valence-corrected chi connectivity index (χ2v) is 8.98. The van der Waals surface area contributed by atoms with Crippen molar-refractivity contribution in [1.82, 2.24) is 29.4 Å². The van der Waals surface area contributed by atoms with Gasteiger partial charge in [-0.05, 0) is 39.8 Å². The summed E-state index contributed by atoms with van der Waals surface area (Å²) in [4.78, 5) is 6.92. The molecule has 0 fully saturated rings. The van der Waals surface area contributed by atoms with Gasteiger partial charge in [0.1, 0.15) is 5.69 Å². The fourth-order valence-corrected chi connectivity index (χ4v) is 3.72. The zero-order valence-electron chi connectivity index (χ0n) is 24.0. The fraction of sp³-hybridized carbons (Fsp3) is 0.500. The van der Waals surface area contributed by atoms with Gasteiger partial charge in [-0.1, -0.05) is 12.2 Å². The Hall–Kier alpha value is -2.47. The van der Waals surface area contributed by atoms with Gasteiger partial charge in [0, 0.05) is 50.4 Å². The van der Waals surface area contributed by atoms with Crippen LogP contribution >= 0.6 is 12.2 Å². The number of ether oxygens (including phenoxy) is 2. The number of aliphatic hydroxyl groups is 1. The van der Waals surface area contributed by atoms with Crippen LogP contribution in [0.5, 0.6) is 11.5 Å². The van der Waals surface area contributed by atoms with Crippen LogP contribution < -0.4 is 28.1 Å². The van der Waals surface area contributed by atoms with E-state index in [0.717, 1.165) is 50.4 Å². The summed E-state index contributed by atoms with van der Waals surface area (Å²) in [5.74, 6) is 1.38. The van der Waals surface area contributed by atoms with Crippen LogP contribution in [0.4, 0.5) is 0 Å². The summed E-state index contributed by atoms with van der Waals surface area (Å²) in [5, 5.41) is 24.7. The molecule has 41 heavy (non-hydrogen) atoms. The number of pyridine rings is 1. The van der Waals surface area contributed by atoms with E-state index in [1.54, 1.807) is 20.4 Å². The fourth-order valence-electron chi connectivity index (χ4n) is 3.72. The Labute approximate surface area is 258 Å². The summed E-state index contributed by atoms with van der Waals surface area (Å²) < 4.78 is 49.1. The smallest absolute Gasteiger partial charge is 0.753 e. The van der Waals surface area contributed by atoms with Gasteiger partial charge >= 0.3 is 16.8 Å². The molecule has 0 aliphatic heterocycles. The van der Waals surface area contributed by atoms with Gasteiger partial charge in [0.15, 0.2) is 11.5 Å². The maximum Gasteiger partial charge on any atom is 3.00 e. The molecule has 3 aromatic rings. The molecule has 0 bridgehead atoms. The molecular weight excluding hydrogens is 625 g/mol. The maximum atomic E-state index is 8.49. The summed E-state index contributed by atoms with van der Waals surface area (Å²) >= 11 is 3.70. The average molecular weight is 661 g/mol. The van der Waals surface area contributed by atoms with Crippen molar-refractivity contribution >= 4 is 17.4 Å². The molecule has 0 spiro atoms. The minimum absolute atomic E-state index is 0. The van der Waals surface area contributed by atoms with Crippen molar-refractivity contribution in [3.8, 4) is 11.5 Å². The van der Waals surface area contributed by atoms with E-state index in [1.807, 2.05) is 19.9 Å². The second-order valence-electron chi connectivity index (χ2n) is 8.04. The number of hydrogen-bond acceptors (Lipinski definition) is 12. The van der Waals surface area contributed by atoms with Crippen molar-refractivity contribution in [2.45, 2.75) is 47.3 Å². The molecule has 0 saturated heterocycles. The topological polar surface area (TPSA) is 205 Å². The van der Waals surface area contributed by atoms with Gasteiger partial charge in [0.05, 0.1) is 38.7 Å². The Kier molecular flexibility index (Phi) is 21.1. The van der Waals surface area contributed by atoms with Crippen molar-refractivity contribution in [2.24, 2.45) is 0 Å². The monoisotopic (exact) mass is 660 g/mol. The first kappa shape index (κ1) is 40.7. The van der Waals surface area contributed by atoms with Crippen LogP contribution in [0.25, 0.3) is 5.41 Å². The number of methoxy groups -OCH3 is 2. The number of isothiocyanates is 1. The molecule has 0 aliphatic carbocycles. The summed E-state index contributed by atoms with van der Waals surface area (Å²) in [6.07, 6.45) is 1.76. The van der Waals surface area contributed by atoms with Crippen molar-refractivity contribution in [3.63, 3.8) is 0 Å².